The van der Waals surface area contributed by atoms with E-state index in [4.69, 9.17) is 9.47 Å². The molecule has 1 aromatic rings. The number of ether oxygens (including phenoxy) is 3. The van der Waals surface area contributed by atoms with E-state index < -0.39 is 6.09 Å². The van der Waals surface area contributed by atoms with E-state index >= 15 is 0 Å². The van der Waals surface area contributed by atoms with E-state index in [1.807, 2.05) is 0 Å². The number of hydrazone groups is 1. The molecule has 0 spiro atoms. The molecule has 0 aromatic heterocycles. The predicted octanol–water partition coefficient (Wildman–Crippen LogP) is 1.78. The molecule has 0 heterocycles. The molecule has 0 aliphatic carbocycles. The first-order valence-corrected chi connectivity index (χ1v) is 5.39. The molecule has 1 aromatic carbocycles. The fraction of sp³-hybridized carbons (Fsp3) is 0.333. The third kappa shape index (κ3) is 3.97. The Morgan fingerprint density at radius 1 is 1.39 bits per heavy atom. The molecule has 6 nitrogen and oxygen atoms in total. The topological polar surface area (TPSA) is 69.2 Å². The standard InChI is InChI=1S/C12H16N2O4/c1-4-18-12(15)14-13-8-9-7-10(16-2)5-6-11(9)17-3/h5-8H,4H2,1-3H3,(H,14,15)/b13-8-. The van der Waals surface area contributed by atoms with Crippen LogP contribution in [0, 0.1) is 0 Å². The summed E-state index contributed by atoms with van der Waals surface area (Å²) < 4.78 is 14.9. The zero-order chi connectivity index (χ0) is 13.4. The fourth-order valence-electron chi connectivity index (χ4n) is 1.26. The number of amides is 1. The lowest BCUT2D eigenvalue weighted by Gasteiger charge is -2.06. The molecule has 0 saturated carbocycles. The van der Waals surface area contributed by atoms with Crippen LogP contribution in [-0.2, 0) is 4.74 Å². The maximum atomic E-state index is 11.0. The SMILES string of the molecule is CCOC(=O)N/N=C\c1cc(OC)ccc1OC. The molecular formula is C12H16N2O4. The summed E-state index contributed by atoms with van der Waals surface area (Å²) in [6.07, 6.45) is 0.855. The lowest BCUT2D eigenvalue weighted by atomic mass is 10.2. The first kappa shape index (κ1) is 13.8. The van der Waals surface area contributed by atoms with Crippen LogP contribution in [0.3, 0.4) is 0 Å². The first-order valence-electron chi connectivity index (χ1n) is 5.39. The van der Waals surface area contributed by atoms with Crippen LogP contribution in [0.5, 0.6) is 11.5 Å². The summed E-state index contributed by atoms with van der Waals surface area (Å²) in [4.78, 5) is 11.0. The van der Waals surface area contributed by atoms with Crippen molar-refractivity contribution in [1.29, 1.82) is 0 Å². The van der Waals surface area contributed by atoms with Gasteiger partial charge in [0.2, 0.25) is 0 Å². The first-order chi connectivity index (χ1) is 8.71. The second-order valence-electron chi connectivity index (χ2n) is 3.20. The highest BCUT2D eigenvalue weighted by Gasteiger charge is 2.03. The highest BCUT2D eigenvalue weighted by molar-refractivity contribution is 5.85. The van der Waals surface area contributed by atoms with Gasteiger partial charge in [-0.1, -0.05) is 0 Å². The van der Waals surface area contributed by atoms with Gasteiger partial charge in [0.25, 0.3) is 0 Å². The monoisotopic (exact) mass is 252 g/mol. The van der Waals surface area contributed by atoms with Gasteiger partial charge in [-0.05, 0) is 25.1 Å². The van der Waals surface area contributed by atoms with Crippen molar-refractivity contribution in [2.24, 2.45) is 5.10 Å². The number of hydrogen-bond acceptors (Lipinski definition) is 5. The number of nitrogens with zero attached hydrogens (tertiary/aromatic N) is 1. The Morgan fingerprint density at radius 3 is 2.78 bits per heavy atom. The molecule has 0 atom stereocenters. The summed E-state index contributed by atoms with van der Waals surface area (Å²) in [6.45, 7) is 2.01. The highest BCUT2D eigenvalue weighted by Crippen LogP contribution is 2.22. The smallest absolute Gasteiger partial charge is 0.427 e. The van der Waals surface area contributed by atoms with Gasteiger partial charge in [0.1, 0.15) is 11.5 Å². The zero-order valence-corrected chi connectivity index (χ0v) is 10.6. The number of carbonyl (C=O) groups is 1. The summed E-state index contributed by atoms with van der Waals surface area (Å²) in [5, 5.41) is 3.76. The number of rotatable bonds is 5. The Labute approximate surface area is 106 Å². The minimum atomic E-state index is -0.601. The van der Waals surface area contributed by atoms with E-state index in [2.05, 4.69) is 15.3 Å². The summed E-state index contributed by atoms with van der Waals surface area (Å²) in [5.74, 6) is 1.30. The van der Waals surface area contributed by atoms with E-state index in [0.29, 0.717) is 23.7 Å². The second kappa shape index (κ2) is 7.16. The molecule has 0 fully saturated rings. The van der Waals surface area contributed by atoms with Crippen molar-refractivity contribution in [2.75, 3.05) is 20.8 Å². The molecule has 0 aliphatic rings. The minimum absolute atomic E-state index is 0.295. The van der Waals surface area contributed by atoms with E-state index in [-0.39, 0.29) is 0 Å². The summed E-state index contributed by atoms with van der Waals surface area (Å²) in [6, 6.07) is 5.27. The molecule has 0 unspecified atom stereocenters. The third-order valence-corrected chi connectivity index (χ3v) is 2.07. The van der Waals surface area contributed by atoms with Crippen LogP contribution in [0.2, 0.25) is 0 Å². The van der Waals surface area contributed by atoms with Gasteiger partial charge in [-0.25, -0.2) is 10.2 Å². The average molecular weight is 252 g/mol. The molecule has 0 radical (unpaired) electrons. The highest BCUT2D eigenvalue weighted by atomic mass is 16.5. The average Bonchev–Trinajstić information content (AvgIpc) is 2.39. The van der Waals surface area contributed by atoms with Gasteiger partial charge in [0.05, 0.1) is 27.0 Å². The van der Waals surface area contributed by atoms with Crippen LogP contribution in [-0.4, -0.2) is 33.1 Å². The van der Waals surface area contributed by atoms with Crippen LogP contribution < -0.4 is 14.9 Å². The van der Waals surface area contributed by atoms with Crippen LogP contribution in [0.4, 0.5) is 4.79 Å². The van der Waals surface area contributed by atoms with E-state index in [1.54, 1.807) is 39.3 Å². The molecule has 0 bridgehead atoms. The Morgan fingerprint density at radius 2 is 2.17 bits per heavy atom. The maximum absolute atomic E-state index is 11.0. The number of methoxy groups -OCH3 is 2. The predicted molar refractivity (Wildman–Crippen MR) is 67.3 cm³/mol. The van der Waals surface area contributed by atoms with Gasteiger partial charge < -0.3 is 14.2 Å². The Kier molecular flexibility index (Phi) is 5.50. The van der Waals surface area contributed by atoms with Crippen LogP contribution in [0.15, 0.2) is 23.3 Å². The van der Waals surface area contributed by atoms with Crippen LogP contribution in [0.25, 0.3) is 0 Å². The Bertz CT molecular complexity index is 432. The zero-order valence-electron chi connectivity index (χ0n) is 10.6. The van der Waals surface area contributed by atoms with Gasteiger partial charge in [-0.2, -0.15) is 5.10 Å². The lowest BCUT2D eigenvalue weighted by molar-refractivity contribution is 0.152. The molecule has 18 heavy (non-hydrogen) atoms. The molecule has 1 amide bonds. The number of benzene rings is 1. The van der Waals surface area contributed by atoms with E-state index in [9.17, 15) is 4.79 Å². The summed E-state index contributed by atoms with van der Waals surface area (Å²) in [7, 11) is 3.12. The third-order valence-electron chi connectivity index (χ3n) is 2.07. The van der Waals surface area contributed by atoms with Crippen molar-refractivity contribution in [3.8, 4) is 11.5 Å². The molecule has 6 heteroatoms. The van der Waals surface area contributed by atoms with Gasteiger partial charge in [0.15, 0.2) is 0 Å². The van der Waals surface area contributed by atoms with E-state index in [1.165, 1.54) is 6.21 Å². The van der Waals surface area contributed by atoms with Crippen molar-refractivity contribution in [3.63, 3.8) is 0 Å². The van der Waals surface area contributed by atoms with Crippen molar-refractivity contribution < 1.29 is 19.0 Å². The van der Waals surface area contributed by atoms with Gasteiger partial charge in [-0.3, -0.25) is 0 Å². The molecule has 0 aliphatic heterocycles. The van der Waals surface area contributed by atoms with Crippen molar-refractivity contribution in [3.05, 3.63) is 23.8 Å². The van der Waals surface area contributed by atoms with Crippen LogP contribution in [0.1, 0.15) is 12.5 Å². The summed E-state index contributed by atoms with van der Waals surface area (Å²) >= 11 is 0. The largest absolute Gasteiger partial charge is 0.497 e. The fourth-order valence-corrected chi connectivity index (χ4v) is 1.26. The van der Waals surface area contributed by atoms with E-state index in [0.717, 1.165) is 0 Å². The molecule has 1 N–H and O–H groups in total. The number of nitrogens with one attached hydrogen (secondary N) is 1. The number of hydrogen-bond donors (Lipinski definition) is 1. The molecule has 98 valence electrons. The van der Waals surface area contributed by atoms with Crippen LogP contribution >= 0.6 is 0 Å². The lowest BCUT2D eigenvalue weighted by Crippen LogP contribution is -2.18. The number of carbonyl (C=O) groups excluding carboxylic acids is 1. The van der Waals surface area contributed by atoms with Gasteiger partial charge in [-0.15, -0.1) is 0 Å². The molecule has 0 saturated heterocycles. The maximum Gasteiger partial charge on any atom is 0.427 e. The van der Waals surface area contributed by atoms with Gasteiger partial charge in [0, 0.05) is 5.56 Å². The van der Waals surface area contributed by atoms with Crippen molar-refractivity contribution in [1.82, 2.24) is 5.43 Å². The van der Waals surface area contributed by atoms with Crippen molar-refractivity contribution in [2.45, 2.75) is 6.92 Å². The van der Waals surface area contributed by atoms with Crippen molar-refractivity contribution >= 4 is 12.3 Å². The molecular weight excluding hydrogens is 236 g/mol. The summed E-state index contributed by atoms with van der Waals surface area (Å²) in [5.41, 5.74) is 2.92. The Balaban J connectivity index is 2.75. The van der Waals surface area contributed by atoms with Gasteiger partial charge >= 0.3 is 6.09 Å². The second-order valence-corrected chi connectivity index (χ2v) is 3.20. The minimum Gasteiger partial charge on any atom is -0.497 e. The quantitative estimate of drug-likeness (QED) is 0.640. The Hall–Kier alpha value is -2.24. The molecule has 1 rings (SSSR count). The normalized spacial score (nSPS) is 10.2.